The molecule has 0 bridgehead atoms. The van der Waals surface area contributed by atoms with Crippen molar-refractivity contribution >= 4 is 5.97 Å². The first-order valence-corrected chi connectivity index (χ1v) is 7.67. The third kappa shape index (κ3) is 3.83. The standard InChI is InChI=1S/C17H25NO2/c1-3-20-17(19)16(14-9-5-4-6-10-14)18-12-15-11-7-8-13(15)2/h4-6,9-10,13,15-16,18H,3,7-8,11-12H2,1-2H3. The zero-order chi connectivity index (χ0) is 14.4. The maximum Gasteiger partial charge on any atom is 0.327 e. The fraction of sp³-hybridized carbons (Fsp3) is 0.588. The highest BCUT2D eigenvalue weighted by atomic mass is 16.5. The maximum atomic E-state index is 12.1. The van der Waals surface area contributed by atoms with Crippen LogP contribution in [0.5, 0.6) is 0 Å². The number of carbonyl (C=O) groups is 1. The lowest BCUT2D eigenvalue weighted by Crippen LogP contribution is -2.34. The normalized spacial score (nSPS) is 23.5. The molecule has 20 heavy (non-hydrogen) atoms. The number of esters is 1. The Morgan fingerprint density at radius 1 is 1.35 bits per heavy atom. The lowest BCUT2D eigenvalue weighted by atomic mass is 9.97. The van der Waals surface area contributed by atoms with Crippen LogP contribution in [0.15, 0.2) is 30.3 Å². The van der Waals surface area contributed by atoms with Crippen molar-refractivity contribution in [3.05, 3.63) is 35.9 Å². The molecule has 1 saturated carbocycles. The summed E-state index contributed by atoms with van der Waals surface area (Å²) in [5.74, 6) is 1.25. The van der Waals surface area contributed by atoms with Gasteiger partial charge in [0.25, 0.3) is 0 Å². The van der Waals surface area contributed by atoms with Gasteiger partial charge in [-0.15, -0.1) is 0 Å². The van der Waals surface area contributed by atoms with Gasteiger partial charge in [0, 0.05) is 0 Å². The van der Waals surface area contributed by atoms with Crippen molar-refractivity contribution in [3.63, 3.8) is 0 Å². The summed E-state index contributed by atoms with van der Waals surface area (Å²) in [4.78, 5) is 12.1. The Kier molecular flexibility index (Phi) is 5.60. The fourth-order valence-corrected chi connectivity index (χ4v) is 3.00. The Morgan fingerprint density at radius 2 is 2.10 bits per heavy atom. The van der Waals surface area contributed by atoms with Crippen LogP contribution in [0.25, 0.3) is 0 Å². The van der Waals surface area contributed by atoms with Gasteiger partial charge in [0.15, 0.2) is 0 Å². The molecule has 3 unspecified atom stereocenters. The zero-order valence-electron chi connectivity index (χ0n) is 12.5. The van der Waals surface area contributed by atoms with Gasteiger partial charge >= 0.3 is 5.97 Å². The third-order valence-corrected chi connectivity index (χ3v) is 4.28. The van der Waals surface area contributed by atoms with Crippen LogP contribution in [0, 0.1) is 11.8 Å². The highest BCUT2D eigenvalue weighted by Crippen LogP contribution is 2.31. The Bertz CT molecular complexity index is 418. The average molecular weight is 275 g/mol. The van der Waals surface area contributed by atoms with Gasteiger partial charge in [-0.3, -0.25) is 0 Å². The van der Waals surface area contributed by atoms with Crippen molar-refractivity contribution in [3.8, 4) is 0 Å². The van der Waals surface area contributed by atoms with E-state index < -0.39 is 0 Å². The second-order valence-electron chi connectivity index (χ2n) is 5.67. The van der Waals surface area contributed by atoms with Crippen LogP contribution < -0.4 is 5.32 Å². The van der Waals surface area contributed by atoms with E-state index in [1.807, 2.05) is 37.3 Å². The SMILES string of the molecule is CCOC(=O)C(NCC1CCCC1C)c1ccccc1. The molecule has 1 N–H and O–H groups in total. The first-order chi connectivity index (χ1) is 9.72. The Balaban J connectivity index is 2.01. The molecule has 0 aromatic heterocycles. The molecule has 3 nitrogen and oxygen atoms in total. The average Bonchev–Trinajstić information content (AvgIpc) is 2.86. The van der Waals surface area contributed by atoms with Crippen molar-refractivity contribution in [1.82, 2.24) is 5.32 Å². The van der Waals surface area contributed by atoms with Crippen molar-refractivity contribution in [2.45, 2.75) is 39.2 Å². The minimum absolute atomic E-state index is 0.177. The minimum Gasteiger partial charge on any atom is -0.465 e. The van der Waals surface area contributed by atoms with Gasteiger partial charge in [0.1, 0.15) is 6.04 Å². The molecular weight excluding hydrogens is 250 g/mol. The van der Waals surface area contributed by atoms with E-state index in [9.17, 15) is 4.79 Å². The number of nitrogens with one attached hydrogen (secondary N) is 1. The van der Waals surface area contributed by atoms with Crippen LogP contribution in [-0.4, -0.2) is 19.1 Å². The van der Waals surface area contributed by atoms with Crippen LogP contribution >= 0.6 is 0 Å². The van der Waals surface area contributed by atoms with Crippen molar-refractivity contribution < 1.29 is 9.53 Å². The molecule has 1 aliphatic carbocycles. The number of hydrogen-bond acceptors (Lipinski definition) is 3. The van der Waals surface area contributed by atoms with E-state index in [-0.39, 0.29) is 12.0 Å². The van der Waals surface area contributed by atoms with Crippen LogP contribution in [0.4, 0.5) is 0 Å². The molecule has 3 atom stereocenters. The topological polar surface area (TPSA) is 38.3 Å². The molecule has 0 heterocycles. The largest absolute Gasteiger partial charge is 0.465 e. The fourth-order valence-electron chi connectivity index (χ4n) is 3.00. The Hall–Kier alpha value is -1.35. The van der Waals surface area contributed by atoms with E-state index in [0.29, 0.717) is 12.5 Å². The van der Waals surface area contributed by atoms with E-state index in [1.165, 1.54) is 19.3 Å². The number of carbonyl (C=O) groups excluding carboxylic acids is 1. The summed E-state index contributed by atoms with van der Waals surface area (Å²) >= 11 is 0. The second kappa shape index (κ2) is 7.44. The summed E-state index contributed by atoms with van der Waals surface area (Å²) in [6, 6.07) is 9.50. The molecule has 0 aliphatic heterocycles. The van der Waals surface area contributed by atoms with Crippen molar-refractivity contribution in [1.29, 1.82) is 0 Å². The predicted octanol–water partition coefficient (Wildman–Crippen LogP) is 3.32. The van der Waals surface area contributed by atoms with Crippen LogP contribution in [0.3, 0.4) is 0 Å². The third-order valence-electron chi connectivity index (χ3n) is 4.28. The lowest BCUT2D eigenvalue weighted by Gasteiger charge is -2.22. The molecule has 1 aliphatic rings. The minimum atomic E-state index is -0.344. The van der Waals surface area contributed by atoms with E-state index in [4.69, 9.17) is 4.74 Å². The van der Waals surface area contributed by atoms with Gasteiger partial charge in [0.05, 0.1) is 6.61 Å². The van der Waals surface area contributed by atoms with E-state index in [0.717, 1.165) is 18.0 Å². The molecule has 0 radical (unpaired) electrons. The van der Waals surface area contributed by atoms with Gasteiger partial charge < -0.3 is 10.1 Å². The van der Waals surface area contributed by atoms with Gasteiger partial charge in [-0.05, 0) is 37.3 Å². The highest BCUT2D eigenvalue weighted by molar-refractivity contribution is 5.77. The smallest absolute Gasteiger partial charge is 0.327 e. The molecular formula is C17H25NO2. The number of rotatable bonds is 6. The van der Waals surface area contributed by atoms with E-state index in [2.05, 4.69) is 12.2 Å². The zero-order valence-corrected chi connectivity index (χ0v) is 12.5. The first kappa shape index (κ1) is 15.0. The van der Waals surface area contributed by atoms with E-state index in [1.54, 1.807) is 0 Å². The van der Waals surface area contributed by atoms with Gasteiger partial charge in [-0.1, -0.05) is 50.1 Å². The second-order valence-corrected chi connectivity index (χ2v) is 5.67. The maximum absolute atomic E-state index is 12.1. The quantitative estimate of drug-likeness (QED) is 0.809. The number of ether oxygens (including phenoxy) is 1. The van der Waals surface area contributed by atoms with Crippen LogP contribution in [0.1, 0.15) is 44.7 Å². The van der Waals surface area contributed by atoms with Gasteiger partial charge in [0.2, 0.25) is 0 Å². The highest BCUT2D eigenvalue weighted by Gasteiger charge is 2.27. The number of benzene rings is 1. The molecule has 0 spiro atoms. The summed E-state index contributed by atoms with van der Waals surface area (Å²) in [7, 11) is 0. The van der Waals surface area contributed by atoms with Gasteiger partial charge in [-0.2, -0.15) is 0 Å². The molecule has 0 amide bonds. The summed E-state index contributed by atoms with van der Waals surface area (Å²) in [6.07, 6.45) is 3.88. The van der Waals surface area contributed by atoms with Crippen LogP contribution in [0.2, 0.25) is 0 Å². The Labute approximate surface area is 121 Å². The van der Waals surface area contributed by atoms with Crippen molar-refractivity contribution in [2.75, 3.05) is 13.2 Å². The molecule has 3 heteroatoms. The Morgan fingerprint density at radius 3 is 2.70 bits per heavy atom. The number of hydrogen-bond donors (Lipinski definition) is 1. The predicted molar refractivity (Wildman–Crippen MR) is 80.3 cm³/mol. The lowest BCUT2D eigenvalue weighted by molar-refractivity contribution is -0.145. The first-order valence-electron chi connectivity index (χ1n) is 7.67. The van der Waals surface area contributed by atoms with Crippen LogP contribution in [-0.2, 0) is 9.53 Å². The van der Waals surface area contributed by atoms with Gasteiger partial charge in [-0.25, -0.2) is 4.79 Å². The molecule has 0 saturated heterocycles. The molecule has 2 rings (SSSR count). The molecule has 1 aromatic rings. The molecule has 110 valence electrons. The monoisotopic (exact) mass is 275 g/mol. The summed E-state index contributed by atoms with van der Waals surface area (Å²) < 4.78 is 5.20. The summed E-state index contributed by atoms with van der Waals surface area (Å²) in [5.41, 5.74) is 0.983. The van der Waals surface area contributed by atoms with Crippen molar-refractivity contribution in [2.24, 2.45) is 11.8 Å². The summed E-state index contributed by atoms with van der Waals surface area (Å²) in [5, 5.41) is 3.42. The molecule has 1 fully saturated rings. The molecule has 1 aromatic carbocycles. The summed E-state index contributed by atoms with van der Waals surface area (Å²) in [6.45, 7) is 5.46. The van der Waals surface area contributed by atoms with E-state index >= 15 is 0 Å².